The third kappa shape index (κ3) is 9.44. The van der Waals surface area contributed by atoms with Crippen LogP contribution in [0.2, 0.25) is 0 Å². The molecule has 0 atom stereocenters. The van der Waals surface area contributed by atoms with Gasteiger partial charge in [0, 0.05) is 0 Å². The maximum atomic E-state index is 2.96. The molecule has 0 saturated carbocycles. The summed E-state index contributed by atoms with van der Waals surface area (Å²) in [4.78, 5) is 0. The molecule has 0 amide bonds. The van der Waals surface area contributed by atoms with Crippen molar-refractivity contribution in [1.29, 1.82) is 0 Å². The highest BCUT2D eigenvalue weighted by Crippen LogP contribution is 2.99. The molecule has 5 aliphatic heterocycles. The second-order valence-electron chi connectivity index (χ2n) is 37.7. The minimum Gasteiger partial charge on any atom is -0.0606 e. The third-order valence-electron chi connectivity index (χ3n) is 26.0. The van der Waals surface area contributed by atoms with E-state index in [0.717, 1.165) is 0 Å². The fourth-order valence-electron chi connectivity index (χ4n) is 22.0. The van der Waals surface area contributed by atoms with Crippen LogP contribution in [0.15, 0.2) is 72.8 Å². The second kappa shape index (κ2) is 25.8. The Bertz CT molecular complexity index is 3090. The molecule has 522 valence electrons. The molecule has 0 aromatic heterocycles. The Balaban J connectivity index is 1.81. The Morgan fingerprint density at radius 2 is 0.198 bits per heavy atom. The summed E-state index contributed by atoms with van der Waals surface area (Å²) in [5.41, 5.74) is 31.4. The van der Waals surface area contributed by atoms with Crippen LogP contribution in [0, 0.1) is 0 Å². The summed E-state index contributed by atoms with van der Waals surface area (Å²) in [6.45, 7) is 77.2. The van der Waals surface area contributed by atoms with Gasteiger partial charge in [-0.25, -0.2) is 0 Å². The zero-order valence-electron chi connectivity index (χ0n) is 68.3. The van der Waals surface area contributed by atoms with E-state index in [0.29, 0.717) is 107 Å². The SMILES string of the molecule is CC(C)c1cc(C(C)C)c([Si]23[Si]4(c5c(C(C)C)cc(C(C)C)cc5C(C)C)[Si]2(c2c(C(C)C)cc(C(C)C)cc2C(C)C)[Si]2(c5c(C(C)C)cc(C(C)C)cc5C(C)C)[Si]3(c3c(C(C)C)cc(C(C)C)cc3C(C)C)[Si]42c2c(C(C)C)cc(C(C)C)cc2C(C)C)c(C(C)C)c1. The monoisotopic (exact) mass is 1390 g/mol. The van der Waals surface area contributed by atoms with Gasteiger partial charge in [-0.15, -0.1) is 0 Å². The van der Waals surface area contributed by atoms with Crippen LogP contribution >= 0.6 is 0 Å². The number of rotatable bonds is 24. The molecule has 0 N–H and O–H groups in total. The summed E-state index contributed by atoms with van der Waals surface area (Å²) in [5, 5.41) is 12.8. The minimum atomic E-state index is -2.99. The van der Waals surface area contributed by atoms with Gasteiger partial charge < -0.3 is 0 Å². The lowest BCUT2D eigenvalue weighted by Gasteiger charge is -2.54. The molecule has 5 saturated heterocycles. The van der Waals surface area contributed by atoms with Crippen molar-refractivity contribution in [2.24, 2.45) is 0 Å². The van der Waals surface area contributed by atoms with Gasteiger partial charge in [0.1, 0.15) is 0 Å². The highest BCUT2D eigenvalue weighted by Gasteiger charge is 3.42. The van der Waals surface area contributed by atoms with E-state index in [4.69, 9.17) is 0 Å². The van der Waals surface area contributed by atoms with Crippen LogP contribution in [-0.4, -0.2) is 39.8 Å². The van der Waals surface area contributed by atoms with Crippen LogP contribution in [0.5, 0.6) is 0 Å². The maximum Gasteiger partial charge on any atom is 0.0719 e. The summed E-state index contributed by atoms with van der Waals surface area (Å²) in [5.74, 6) is 7.36. The first-order chi connectivity index (χ1) is 44.6. The Morgan fingerprint density at radius 1 is 0.125 bits per heavy atom. The van der Waals surface area contributed by atoms with E-state index < -0.39 is 39.8 Å². The van der Waals surface area contributed by atoms with Gasteiger partial charge in [0.05, 0.1) is 39.8 Å². The summed E-state index contributed by atoms with van der Waals surface area (Å²) in [6.07, 6.45) is 0. The zero-order chi connectivity index (χ0) is 71.7. The van der Waals surface area contributed by atoms with Crippen LogP contribution in [-0.2, 0) is 0 Å². The number of benzene rings is 6. The molecule has 6 aromatic rings. The molecular weight excluding hydrogens is 1250 g/mol. The Kier molecular flexibility index (Phi) is 20.3. The van der Waals surface area contributed by atoms with Crippen molar-refractivity contribution < 1.29 is 0 Å². The molecule has 5 aliphatic rings. The minimum absolute atomic E-state index is 0.394. The Morgan fingerprint density at radius 3 is 0.250 bits per heavy atom. The smallest absolute Gasteiger partial charge is 0.0606 e. The van der Waals surface area contributed by atoms with Crippen molar-refractivity contribution in [3.63, 3.8) is 0 Å². The molecule has 11 rings (SSSR count). The van der Waals surface area contributed by atoms with Gasteiger partial charge in [0.25, 0.3) is 0 Å². The van der Waals surface area contributed by atoms with Crippen LogP contribution in [0.1, 0.15) is 456 Å². The summed E-state index contributed by atoms with van der Waals surface area (Å²) in [6, 6.07) is 35.5. The lowest BCUT2D eigenvalue weighted by molar-refractivity contribution is 0.811. The number of hydrogen-bond donors (Lipinski definition) is 0. The topological polar surface area (TPSA) is 0 Å². The van der Waals surface area contributed by atoms with Crippen molar-refractivity contribution in [3.05, 3.63) is 173 Å². The van der Waals surface area contributed by atoms with E-state index in [1.165, 1.54) is 0 Å². The number of hydrogen-bond acceptors (Lipinski definition) is 0. The van der Waals surface area contributed by atoms with Crippen LogP contribution < -0.4 is 31.1 Å². The summed E-state index contributed by atoms with van der Waals surface area (Å²) < 4.78 is 0. The highest BCUT2D eigenvalue weighted by atomic mass is 31.1. The lowest BCUT2D eigenvalue weighted by Crippen LogP contribution is -2.93. The van der Waals surface area contributed by atoms with E-state index in [1.54, 1.807) is 33.4 Å². The van der Waals surface area contributed by atoms with Gasteiger partial charge in [-0.05, 0) is 207 Å². The molecule has 96 heavy (non-hydrogen) atoms. The summed E-state index contributed by atoms with van der Waals surface area (Å²) >= 11 is 0. The molecule has 0 unspecified atom stereocenters. The van der Waals surface area contributed by atoms with Crippen molar-refractivity contribution in [3.8, 4) is 0 Å². The molecule has 6 aromatic carbocycles. The largest absolute Gasteiger partial charge is 0.0719 e. The van der Waals surface area contributed by atoms with Gasteiger partial charge in [-0.1, -0.05) is 353 Å². The molecule has 0 radical (unpaired) electrons. The first-order valence-electron chi connectivity index (χ1n) is 39.7. The molecule has 0 aliphatic carbocycles. The van der Waals surface area contributed by atoms with E-state index in [9.17, 15) is 0 Å². The van der Waals surface area contributed by atoms with Crippen molar-refractivity contribution in [1.82, 2.24) is 0 Å². The maximum absolute atomic E-state index is 2.99. The molecule has 5 heterocycles. The van der Waals surface area contributed by atoms with Gasteiger partial charge in [0.15, 0.2) is 0 Å². The van der Waals surface area contributed by atoms with E-state index in [2.05, 4.69) is 353 Å². The molecule has 6 heteroatoms. The van der Waals surface area contributed by atoms with Crippen LogP contribution in [0.4, 0.5) is 0 Å². The van der Waals surface area contributed by atoms with Gasteiger partial charge in [-0.2, -0.15) is 0 Å². The normalized spacial score (nSPS) is 23.7. The Hall–Kier alpha value is -3.38. The fourth-order valence-corrected chi connectivity index (χ4v) is 672. The zero-order valence-corrected chi connectivity index (χ0v) is 74.3. The first-order valence-corrected chi connectivity index (χ1v) is 60.7. The van der Waals surface area contributed by atoms with Gasteiger partial charge in [-0.3, -0.25) is 0 Å². The third-order valence-corrected chi connectivity index (χ3v) is 267. The van der Waals surface area contributed by atoms with Crippen LogP contribution in [0.3, 0.4) is 0 Å². The molecule has 0 bridgehead atoms. The van der Waals surface area contributed by atoms with Crippen molar-refractivity contribution >= 4 is 70.9 Å². The average Bonchev–Trinajstić information content (AvgIpc) is 1.26. The predicted molar refractivity (Wildman–Crippen MR) is 445 cm³/mol. The lowest BCUT2D eigenvalue weighted by atomic mass is 9.89. The van der Waals surface area contributed by atoms with E-state index in [1.807, 2.05) is 66.8 Å². The predicted octanol–water partition coefficient (Wildman–Crippen LogP) is 23.1. The fraction of sp³-hybridized carbons (Fsp3) is 0.600. The Labute approximate surface area is 595 Å². The highest BCUT2D eigenvalue weighted by molar-refractivity contribution is 8.97. The average molecular weight is 1390 g/mol. The van der Waals surface area contributed by atoms with Crippen molar-refractivity contribution in [2.45, 2.75) is 356 Å². The molecular formula is C90H138Si6. The molecule has 5 fully saturated rings. The quantitative estimate of drug-likeness (QED) is 0.0530. The molecule has 0 nitrogen and oxygen atoms in total. The summed E-state index contributed by atoms with van der Waals surface area (Å²) in [7, 11) is 0. The van der Waals surface area contributed by atoms with Crippen LogP contribution in [0.25, 0.3) is 0 Å². The van der Waals surface area contributed by atoms with Gasteiger partial charge in [0.2, 0.25) is 0 Å². The standard InChI is InChI=1S/C90H138Si6/c1-49(2)67-37-73(55(13)14)85(74(38-67)56(15)16)91-92(86-75(57(17)18)39-68(50(3)4)40-76(86)58(19)20)93(91,87-77(59(21)22)41-69(51(5)6)42-78(87)60(23)24)96(90-83(65(33)34)47-72(54(11)12)48-84(90)66(35)36)94(91,88-79(61(25)26)43-70(52(7)8)44-80(88)62(27)28)95(92,96)89-81(63(29)30)45-71(53(9)10)46-82(89)64(31)32/h37-66H,1-36H3. The van der Waals surface area contributed by atoms with Crippen molar-refractivity contribution in [2.75, 3.05) is 0 Å². The molecule has 0 spiro atoms. The van der Waals surface area contributed by atoms with Gasteiger partial charge >= 0.3 is 0 Å². The first kappa shape index (κ1) is 75.3. The van der Waals surface area contributed by atoms with E-state index >= 15 is 0 Å². The second-order valence-corrected chi connectivity index (χ2v) is 117. The van der Waals surface area contributed by atoms with E-state index in [-0.39, 0.29) is 0 Å².